The van der Waals surface area contributed by atoms with Crippen LogP contribution in [0.3, 0.4) is 0 Å². The minimum atomic E-state index is -4.00. The second kappa shape index (κ2) is 15.6. The molecule has 11 nitrogen and oxygen atoms in total. The molecule has 238 valence electrons. The van der Waals surface area contributed by atoms with Crippen LogP contribution >= 0.6 is 15.9 Å². The third-order valence-electron chi connectivity index (χ3n) is 7.07. The van der Waals surface area contributed by atoms with Gasteiger partial charge in [0, 0.05) is 30.8 Å². The maximum Gasteiger partial charge on any atom is 0.330 e. The first-order chi connectivity index (χ1) is 21.5. The van der Waals surface area contributed by atoms with E-state index in [1.807, 2.05) is 53.3 Å². The molecule has 5 N–H and O–H groups in total. The van der Waals surface area contributed by atoms with E-state index in [1.54, 1.807) is 12.1 Å². The molecule has 3 aromatic carbocycles. The van der Waals surface area contributed by atoms with Crippen LogP contribution in [0.2, 0.25) is 0 Å². The van der Waals surface area contributed by atoms with Crippen molar-refractivity contribution < 1.29 is 27.9 Å². The van der Waals surface area contributed by atoms with Crippen LogP contribution in [-0.2, 0) is 43.9 Å². The molecule has 4 rings (SSSR count). The van der Waals surface area contributed by atoms with Crippen LogP contribution in [0, 0.1) is 0 Å². The molecule has 3 aromatic rings. The van der Waals surface area contributed by atoms with Gasteiger partial charge in [0.1, 0.15) is 12.1 Å². The number of nitrogens with zero attached hydrogens (tertiary/aromatic N) is 1. The maximum absolute atomic E-state index is 13.5. The predicted octanol–water partition coefficient (Wildman–Crippen LogP) is 3.37. The summed E-state index contributed by atoms with van der Waals surface area (Å²) in [5, 5.41) is 18.1. The molecular formula is C32H36BrN5O6S. The predicted molar refractivity (Wildman–Crippen MR) is 175 cm³/mol. The van der Waals surface area contributed by atoms with E-state index in [0.29, 0.717) is 16.6 Å². The van der Waals surface area contributed by atoms with Crippen LogP contribution in [0.25, 0.3) is 0 Å². The Morgan fingerprint density at radius 3 is 2.07 bits per heavy atom. The fourth-order valence-corrected chi connectivity index (χ4v) is 6.71. The molecule has 13 heteroatoms. The molecule has 45 heavy (non-hydrogen) atoms. The largest absolute Gasteiger partial charge is 0.493 e. The fraction of sp³-hybridized carbons (Fsp3) is 0.281. The number of aliphatic hydroxyl groups excluding tert-OH is 1. The van der Waals surface area contributed by atoms with Crippen LogP contribution in [0.4, 0.5) is 5.69 Å². The van der Waals surface area contributed by atoms with E-state index in [1.165, 1.54) is 18.6 Å². The first-order valence-corrected chi connectivity index (χ1v) is 16.7. The minimum Gasteiger partial charge on any atom is -0.493 e. The molecule has 0 saturated carbocycles. The molecule has 0 saturated heterocycles. The zero-order valence-corrected chi connectivity index (χ0v) is 27.1. The van der Waals surface area contributed by atoms with Gasteiger partial charge in [-0.2, -0.15) is 8.42 Å². The number of amides is 3. The van der Waals surface area contributed by atoms with Crippen molar-refractivity contribution in [1.29, 1.82) is 0 Å². The summed E-state index contributed by atoms with van der Waals surface area (Å²) in [7, 11) is -4.00. The lowest BCUT2D eigenvalue weighted by Crippen LogP contribution is -2.55. The Morgan fingerprint density at radius 2 is 1.47 bits per heavy atom. The van der Waals surface area contributed by atoms with Crippen molar-refractivity contribution >= 4 is 49.5 Å². The second-order valence-corrected chi connectivity index (χ2v) is 13.0. The topological polar surface area (TPSA) is 157 Å². The van der Waals surface area contributed by atoms with Gasteiger partial charge in [-0.1, -0.05) is 66.7 Å². The number of benzene rings is 3. The summed E-state index contributed by atoms with van der Waals surface area (Å²) in [6, 6.07) is 22.2. The summed E-state index contributed by atoms with van der Waals surface area (Å²) in [6.45, 7) is 1.74. The van der Waals surface area contributed by atoms with Crippen molar-refractivity contribution in [3.05, 3.63) is 112 Å². The standard InChI is InChI=1S/C32H36BrN5O6S/c1-22(39)35-28(19-24-13-6-3-7-14-24)32(42)36-27(31(41)34-17-9-8-12-23-10-4-2-5-11-23)20-25-15-16-29(26(33)18-25)38-21-30(40)37-45(38,43)44/h2-7,10-11,13-16,18,21,27-28,37,40H,8-9,12,17,19-20H2,1H3,(H,34,41)(H,35,39)(H,36,42)/t27-,28-/m0/s1. The molecule has 0 fully saturated rings. The molecule has 1 heterocycles. The van der Waals surface area contributed by atoms with E-state index < -0.39 is 34.1 Å². The summed E-state index contributed by atoms with van der Waals surface area (Å²) in [6.07, 6.45) is 3.85. The van der Waals surface area contributed by atoms with E-state index in [9.17, 15) is 27.9 Å². The second-order valence-electron chi connectivity index (χ2n) is 10.6. The van der Waals surface area contributed by atoms with E-state index in [-0.39, 0.29) is 30.3 Å². The van der Waals surface area contributed by atoms with Crippen LogP contribution in [0.15, 0.2) is 95.4 Å². The Balaban J connectivity index is 1.48. The molecular weight excluding hydrogens is 662 g/mol. The number of carbonyl (C=O) groups is 3. The SMILES string of the molecule is CC(=O)N[C@@H](Cc1ccccc1)C(=O)N[C@@H](Cc1ccc(N2C=C(O)NS2(=O)=O)c(Br)c1)C(=O)NCCCCc1ccccc1. The number of anilines is 1. The van der Waals surface area contributed by atoms with Gasteiger partial charge < -0.3 is 21.1 Å². The van der Waals surface area contributed by atoms with Gasteiger partial charge in [-0.25, -0.2) is 9.03 Å². The van der Waals surface area contributed by atoms with Gasteiger partial charge >= 0.3 is 10.2 Å². The van der Waals surface area contributed by atoms with E-state index in [4.69, 9.17) is 0 Å². The Bertz CT molecular complexity index is 1640. The van der Waals surface area contributed by atoms with E-state index in [0.717, 1.165) is 35.3 Å². The minimum absolute atomic E-state index is 0.0880. The highest BCUT2D eigenvalue weighted by molar-refractivity contribution is 9.10. The first-order valence-electron chi connectivity index (χ1n) is 14.5. The Hall–Kier alpha value is -4.36. The quantitative estimate of drug-likeness (QED) is 0.163. The number of hydrogen-bond donors (Lipinski definition) is 5. The number of hydrogen-bond acceptors (Lipinski definition) is 6. The van der Waals surface area contributed by atoms with Gasteiger partial charge in [-0.15, -0.1) is 0 Å². The Morgan fingerprint density at radius 1 is 0.844 bits per heavy atom. The molecule has 0 radical (unpaired) electrons. The van der Waals surface area contributed by atoms with Crippen molar-refractivity contribution in [1.82, 2.24) is 20.7 Å². The number of rotatable bonds is 14. The van der Waals surface area contributed by atoms with Crippen LogP contribution < -0.4 is 25.0 Å². The van der Waals surface area contributed by atoms with E-state index >= 15 is 0 Å². The number of unbranched alkanes of at least 4 members (excludes halogenated alkanes) is 1. The highest BCUT2D eigenvalue weighted by Crippen LogP contribution is 2.32. The molecule has 3 amide bonds. The van der Waals surface area contributed by atoms with Gasteiger partial charge in [0.05, 0.1) is 11.9 Å². The van der Waals surface area contributed by atoms with Gasteiger partial charge in [0.15, 0.2) is 0 Å². The summed E-state index contributed by atoms with van der Waals surface area (Å²) in [5.74, 6) is -1.79. The number of aliphatic hydroxyl groups is 1. The van der Waals surface area contributed by atoms with Crippen molar-refractivity contribution in [3.8, 4) is 0 Å². The maximum atomic E-state index is 13.5. The summed E-state index contributed by atoms with van der Waals surface area (Å²) in [4.78, 5) is 38.9. The Kier molecular flexibility index (Phi) is 11.6. The summed E-state index contributed by atoms with van der Waals surface area (Å²) < 4.78 is 28.0. The van der Waals surface area contributed by atoms with Crippen LogP contribution in [-0.4, -0.2) is 49.9 Å². The van der Waals surface area contributed by atoms with Gasteiger partial charge in [-0.3, -0.25) is 14.4 Å². The van der Waals surface area contributed by atoms with Crippen molar-refractivity contribution in [2.75, 3.05) is 10.8 Å². The normalized spacial score (nSPS) is 14.9. The molecule has 2 atom stereocenters. The Labute approximate surface area is 271 Å². The monoisotopic (exact) mass is 697 g/mol. The fourth-order valence-electron chi connectivity index (χ4n) is 4.90. The molecule has 1 aliphatic rings. The van der Waals surface area contributed by atoms with E-state index in [2.05, 4.69) is 44.0 Å². The summed E-state index contributed by atoms with van der Waals surface area (Å²) in [5.41, 5.74) is 2.93. The first kappa shape index (κ1) is 33.5. The highest BCUT2D eigenvalue weighted by atomic mass is 79.9. The third-order valence-corrected chi connectivity index (χ3v) is 8.99. The van der Waals surface area contributed by atoms with Gasteiger partial charge in [0.25, 0.3) is 0 Å². The van der Waals surface area contributed by atoms with Crippen LogP contribution in [0.1, 0.15) is 36.5 Å². The molecule has 1 aliphatic heterocycles. The lowest BCUT2D eigenvalue weighted by molar-refractivity contribution is -0.131. The molecule has 0 unspecified atom stereocenters. The van der Waals surface area contributed by atoms with Crippen molar-refractivity contribution in [2.45, 2.75) is 51.1 Å². The number of carbonyl (C=O) groups excluding carboxylic acids is 3. The number of halogens is 1. The number of nitrogens with one attached hydrogen (secondary N) is 4. The molecule has 0 bridgehead atoms. The zero-order valence-electron chi connectivity index (χ0n) is 24.7. The summed E-state index contributed by atoms with van der Waals surface area (Å²) >= 11 is 3.39. The zero-order chi connectivity index (χ0) is 32.4. The average Bonchev–Trinajstić information content (AvgIpc) is 3.28. The molecule has 0 spiro atoms. The highest BCUT2D eigenvalue weighted by Gasteiger charge is 2.31. The third kappa shape index (κ3) is 9.82. The van der Waals surface area contributed by atoms with Gasteiger partial charge in [0.2, 0.25) is 23.6 Å². The molecule has 0 aromatic heterocycles. The van der Waals surface area contributed by atoms with Gasteiger partial charge in [-0.05, 0) is 64.0 Å². The van der Waals surface area contributed by atoms with Crippen LogP contribution in [0.5, 0.6) is 0 Å². The average molecular weight is 699 g/mol. The lowest BCUT2D eigenvalue weighted by atomic mass is 10.0. The smallest absolute Gasteiger partial charge is 0.330 e. The lowest BCUT2D eigenvalue weighted by Gasteiger charge is -2.24. The molecule has 0 aliphatic carbocycles. The van der Waals surface area contributed by atoms with Crippen molar-refractivity contribution in [3.63, 3.8) is 0 Å². The van der Waals surface area contributed by atoms with Crippen molar-refractivity contribution in [2.24, 2.45) is 0 Å². The number of aryl methyl sites for hydroxylation is 1.